The minimum absolute atomic E-state index is 0.0336. The smallest absolute Gasteiger partial charge is 0.245 e. The molecule has 1 aromatic rings. The number of aromatic nitrogens is 1. The second kappa shape index (κ2) is 10.4. The van der Waals surface area contributed by atoms with Crippen LogP contribution in [0.3, 0.4) is 0 Å². The maximum absolute atomic E-state index is 12.3. The van der Waals surface area contributed by atoms with E-state index in [-0.39, 0.29) is 18.4 Å². The fraction of sp³-hybridized carbons (Fsp3) is 0.706. The van der Waals surface area contributed by atoms with Gasteiger partial charge in [-0.3, -0.25) is 9.59 Å². The van der Waals surface area contributed by atoms with Crippen LogP contribution in [0, 0.1) is 13.8 Å². The normalized spacial score (nSPS) is 10.9. The first-order chi connectivity index (χ1) is 11.4. The summed E-state index contributed by atoms with van der Waals surface area (Å²) in [6, 6.07) is 0. The Hall–Kier alpha value is -1.47. The number of carbonyl (C=O) groups is 2. The molecule has 136 valence electrons. The van der Waals surface area contributed by atoms with Crippen molar-refractivity contribution in [2.24, 2.45) is 0 Å². The highest BCUT2D eigenvalue weighted by Crippen LogP contribution is 2.20. The van der Waals surface area contributed by atoms with Gasteiger partial charge in [0, 0.05) is 24.4 Å². The van der Waals surface area contributed by atoms with Gasteiger partial charge in [0.15, 0.2) is 5.13 Å². The van der Waals surface area contributed by atoms with Gasteiger partial charge in [-0.1, -0.05) is 20.8 Å². The molecule has 7 heteroatoms. The monoisotopic (exact) mass is 354 g/mol. The Labute approximate surface area is 149 Å². The van der Waals surface area contributed by atoms with Gasteiger partial charge in [0.2, 0.25) is 11.8 Å². The minimum atomic E-state index is -0.187. The van der Waals surface area contributed by atoms with Crippen LogP contribution in [0.4, 0.5) is 5.13 Å². The molecule has 2 amide bonds. The number of hydrogen-bond acceptors (Lipinski definition) is 5. The molecule has 1 aromatic heterocycles. The van der Waals surface area contributed by atoms with Gasteiger partial charge in [-0.25, -0.2) is 4.98 Å². The molecule has 0 saturated heterocycles. The molecule has 24 heavy (non-hydrogen) atoms. The number of likely N-dealkylation sites (N-methyl/N-ethyl adjacent to an activating group) is 1. The average molecular weight is 355 g/mol. The van der Waals surface area contributed by atoms with Crippen molar-refractivity contribution in [1.82, 2.24) is 14.8 Å². The Morgan fingerprint density at radius 2 is 1.79 bits per heavy atom. The van der Waals surface area contributed by atoms with E-state index in [1.165, 1.54) is 11.3 Å². The first-order valence-corrected chi connectivity index (χ1v) is 9.46. The van der Waals surface area contributed by atoms with Crippen molar-refractivity contribution >= 4 is 28.3 Å². The molecule has 1 rings (SSSR count). The SMILES string of the molecule is CCCC(=O)N(CCN(CC)CC)CC(=O)Nc1nc(C)c(C)s1. The number of carbonyl (C=O) groups excluding carboxylic acids is 2. The number of hydrogen-bond donors (Lipinski definition) is 1. The standard InChI is InChI=1S/C17H30N4O2S/c1-6-9-16(23)21(11-10-20(7-2)8-3)12-15(22)19-17-18-13(4)14(5)24-17/h6-12H2,1-5H3,(H,18,19,22). The number of thiazole rings is 1. The molecule has 0 unspecified atom stereocenters. The van der Waals surface area contributed by atoms with E-state index in [9.17, 15) is 9.59 Å². The molecular formula is C17H30N4O2S. The quantitative estimate of drug-likeness (QED) is 0.701. The summed E-state index contributed by atoms with van der Waals surface area (Å²) >= 11 is 1.46. The Balaban J connectivity index is 2.65. The average Bonchev–Trinajstić information content (AvgIpc) is 2.84. The van der Waals surface area contributed by atoms with Gasteiger partial charge in [-0.2, -0.15) is 0 Å². The molecule has 0 fully saturated rings. The molecule has 6 nitrogen and oxygen atoms in total. The fourth-order valence-corrected chi connectivity index (χ4v) is 3.16. The first kappa shape index (κ1) is 20.6. The molecule has 0 bridgehead atoms. The van der Waals surface area contributed by atoms with Crippen LogP contribution in [0.1, 0.15) is 44.2 Å². The highest BCUT2D eigenvalue weighted by molar-refractivity contribution is 7.15. The molecule has 0 aliphatic carbocycles. The molecule has 1 heterocycles. The predicted octanol–water partition coefficient (Wildman–Crippen LogP) is 2.67. The predicted molar refractivity (Wildman–Crippen MR) is 99.5 cm³/mol. The molecule has 0 spiro atoms. The minimum Gasteiger partial charge on any atom is -0.332 e. The molecule has 0 radical (unpaired) electrons. The van der Waals surface area contributed by atoms with Gasteiger partial charge in [-0.05, 0) is 33.4 Å². The Morgan fingerprint density at radius 3 is 2.29 bits per heavy atom. The number of amides is 2. The number of nitrogens with zero attached hydrogens (tertiary/aromatic N) is 3. The van der Waals surface area contributed by atoms with Crippen molar-refractivity contribution in [2.75, 3.05) is 38.0 Å². The van der Waals surface area contributed by atoms with Gasteiger partial charge in [-0.15, -0.1) is 11.3 Å². The highest BCUT2D eigenvalue weighted by Gasteiger charge is 2.18. The van der Waals surface area contributed by atoms with E-state index in [4.69, 9.17) is 0 Å². The van der Waals surface area contributed by atoms with Crippen molar-refractivity contribution in [3.63, 3.8) is 0 Å². The molecule has 0 aromatic carbocycles. The largest absolute Gasteiger partial charge is 0.332 e. The summed E-state index contributed by atoms with van der Waals surface area (Å²) in [6.45, 7) is 13.4. The van der Waals surface area contributed by atoms with E-state index in [0.29, 0.717) is 18.1 Å². The molecule has 0 aliphatic heterocycles. The van der Waals surface area contributed by atoms with Gasteiger partial charge in [0.1, 0.15) is 0 Å². The van der Waals surface area contributed by atoms with Crippen LogP contribution >= 0.6 is 11.3 Å². The van der Waals surface area contributed by atoms with Crippen LogP contribution < -0.4 is 5.32 Å². The van der Waals surface area contributed by atoms with E-state index in [1.807, 2.05) is 20.8 Å². The van der Waals surface area contributed by atoms with Crippen molar-refractivity contribution in [3.8, 4) is 0 Å². The maximum atomic E-state index is 12.3. The lowest BCUT2D eigenvalue weighted by Crippen LogP contribution is -2.42. The highest BCUT2D eigenvalue weighted by atomic mass is 32.1. The van der Waals surface area contributed by atoms with Gasteiger partial charge in [0.05, 0.1) is 12.2 Å². The Bertz CT molecular complexity index is 521. The Morgan fingerprint density at radius 1 is 1.12 bits per heavy atom. The molecule has 1 N–H and O–H groups in total. The van der Waals surface area contributed by atoms with Crippen LogP contribution in [0.15, 0.2) is 0 Å². The van der Waals surface area contributed by atoms with E-state index in [0.717, 1.165) is 36.6 Å². The van der Waals surface area contributed by atoms with Crippen LogP contribution in [0.2, 0.25) is 0 Å². The van der Waals surface area contributed by atoms with Crippen molar-refractivity contribution < 1.29 is 9.59 Å². The van der Waals surface area contributed by atoms with E-state index < -0.39 is 0 Å². The van der Waals surface area contributed by atoms with Gasteiger partial charge in [0.25, 0.3) is 0 Å². The zero-order chi connectivity index (χ0) is 18.1. The molecule has 0 atom stereocenters. The molecule has 0 aliphatic rings. The third-order valence-electron chi connectivity index (χ3n) is 4.01. The summed E-state index contributed by atoms with van der Waals surface area (Å²) in [5, 5.41) is 3.41. The first-order valence-electron chi connectivity index (χ1n) is 8.65. The summed E-state index contributed by atoms with van der Waals surface area (Å²) < 4.78 is 0. The van der Waals surface area contributed by atoms with E-state index in [1.54, 1.807) is 4.90 Å². The van der Waals surface area contributed by atoms with E-state index >= 15 is 0 Å². The zero-order valence-corrected chi connectivity index (χ0v) is 16.3. The number of nitrogens with one attached hydrogen (secondary N) is 1. The van der Waals surface area contributed by atoms with Crippen molar-refractivity contribution in [3.05, 3.63) is 10.6 Å². The maximum Gasteiger partial charge on any atom is 0.245 e. The molecular weight excluding hydrogens is 324 g/mol. The molecule has 0 saturated carbocycles. The summed E-state index contributed by atoms with van der Waals surface area (Å²) in [5.41, 5.74) is 0.927. The second-order valence-electron chi connectivity index (χ2n) is 5.80. The van der Waals surface area contributed by atoms with Crippen LogP contribution in [0.5, 0.6) is 0 Å². The van der Waals surface area contributed by atoms with Crippen molar-refractivity contribution in [2.45, 2.75) is 47.5 Å². The summed E-state index contributed by atoms with van der Waals surface area (Å²) in [4.78, 5) is 33.9. The lowest BCUT2D eigenvalue weighted by Gasteiger charge is -2.26. The summed E-state index contributed by atoms with van der Waals surface area (Å²) in [7, 11) is 0. The topological polar surface area (TPSA) is 65.5 Å². The number of aryl methyl sites for hydroxylation is 2. The van der Waals surface area contributed by atoms with Crippen LogP contribution in [-0.4, -0.2) is 59.3 Å². The zero-order valence-electron chi connectivity index (χ0n) is 15.5. The number of rotatable bonds is 10. The van der Waals surface area contributed by atoms with Gasteiger partial charge < -0.3 is 15.1 Å². The fourth-order valence-electron chi connectivity index (χ4n) is 2.32. The van der Waals surface area contributed by atoms with Crippen molar-refractivity contribution in [1.29, 1.82) is 0 Å². The second-order valence-corrected chi connectivity index (χ2v) is 7.00. The third kappa shape index (κ3) is 6.57. The van der Waals surface area contributed by atoms with Crippen LogP contribution in [0.25, 0.3) is 0 Å². The van der Waals surface area contributed by atoms with Crippen LogP contribution in [-0.2, 0) is 9.59 Å². The van der Waals surface area contributed by atoms with Gasteiger partial charge >= 0.3 is 0 Å². The lowest BCUT2D eigenvalue weighted by molar-refractivity contribution is -0.134. The summed E-state index contributed by atoms with van der Waals surface area (Å²) in [5.74, 6) is -0.154. The summed E-state index contributed by atoms with van der Waals surface area (Å²) in [6.07, 6.45) is 1.26. The third-order valence-corrected chi connectivity index (χ3v) is 4.99. The Kier molecular flexibility index (Phi) is 8.92. The number of anilines is 1. The lowest BCUT2D eigenvalue weighted by atomic mass is 10.3. The van der Waals surface area contributed by atoms with E-state index in [2.05, 4.69) is 29.0 Å².